The number of rotatable bonds is 7. The summed E-state index contributed by atoms with van der Waals surface area (Å²) in [4.78, 5) is 7.38. The van der Waals surface area contributed by atoms with Crippen molar-refractivity contribution >= 4 is 29.9 Å². The lowest BCUT2D eigenvalue weighted by molar-refractivity contribution is 0.113. The van der Waals surface area contributed by atoms with Gasteiger partial charge in [0, 0.05) is 45.9 Å². The Balaban J connectivity index is 0.00000306. The van der Waals surface area contributed by atoms with Gasteiger partial charge in [0.2, 0.25) is 0 Å². The average molecular weight is 568 g/mol. The lowest BCUT2D eigenvalue weighted by Crippen LogP contribution is -2.49. The minimum Gasteiger partial charge on any atom is -0.376 e. The van der Waals surface area contributed by atoms with Crippen LogP contribution in [0.2, 0.25) is 0 Å². The van der Waals surface area contributed by atoms with Gasteiger partial charge in [-0.25, -0.2) is 4.99 Å². The predicted molar refractivity (Wildman–Crippen MR) is 142 cm³/mol. The SMILES string of the molecule is Cc1ccccc1CN1CCC(NC(=NCc2nnc(C)n2C)NCC2CCCO2)CC1.I. The summed E-state index contributed by atoms with van der Waals surface area (Å²) < 4.78 is 7.77. The van der Waals surface area contributed by atoms with E-state index in [1.165, 1.54) is 11.1 Å². The highest BCUT2D eigenvalue weighted by molar-refractivity contribution is 14.0. The Labute approximate surface area is 214 Å². The Bertz CT molecular complexity index is 902. The topological polar surface area (TPSA) is 79.6 Å². The van der Waals surface area contributed by atoms with Gasteiger partial charge in [0.25, 0.3) is 0 Å². The summed E-state index contributed by atoms with van der Waals surface area (Å²) in [6.45, 7) is 9.53. The van der Waals surface area contributed by atoms with E-state index in [0.717, 1.165) is 76.1 Å². The number of piperidine rings is 1. The average Bonchev–Trinajstić information content (AvgIpc) is 3.43. The number of nitrogens with one attached hydrogen (secondary N) is 2. The van der Waals surface area contributed by atoms with E-state index >= 15 is 0 Å². The fraction of sp³-hybridized carbons (Fsp3) is 0.625. The molecule has 2 aliphatic heterocycles. The van der Waals surface area contributed by atoms with Gasteiger partial charge in [-0.2, -0.15) is 0 Å². The Morgan fingerprint density at radius 1 is 1.15 bits per heavy atom. The van der Waals surface area contributed by atoms with Gasteiger partial charge in [-0.3, -0.25) is 4.90 Å². The highest BCUT2D eigenvalue weighted by Gasteiger charge is 2.22. The van der Waals surface area contributed by atoms with Crippen LogP contribution in [0.15, 0.2) is 29.3 Å². The first-order valence-corrected chi connectivity index (χ1v) is 11.9. The number of aliphatic imine (C=N–C) groups is 1. The third-order valence-corrected chi connectivity index (χ3v) is 6.67. The van der Waals surface area contributed by atoms with Crippen molar-refractivity contribution in [1.29, 1.82) is 0 Å². The van der Waals surface area contributed by atoms with Gasteiger partial charge in [0.1, 0.15) is 12.4 Å². The van der Waals surface area contributed by atoms with Crippen LogP contribution in [0, 0.1) is 13.8 Å². The van der Waals surface area contributed by atoms with Gasteiger partial charge >= 0.3 is 0 Å². The van der Waals surface area contributed by atoms with E-state index in [1.54, 1.807) is 0 Å². The molecule has 2 saturated heterocycles. The molecule has 0 bridgehead atoms. The fourth-order valence-electron chi connectivity index (χ4n) is 4.36. The molecule has 0 aliphatic carbocycles. The molecule has 2 aromatic rings. The summed E-state index contributed by atoms with van der Waals surface area (Å²) in [6, 6.07) is 9.11. The first-order valence-electron chi connectivity index (χ1n) is 11.9. The van der Waals surface area contributed by atoms with Crippen molar-refractivity contribution in [1.82, 2.24) is 30.3 Å². The normalized spacial score (nSPS) is 20.0. The molecule has 1 aromatic heterocycles. The molecule has 4 rings (SSSR count). The molecule has 3 heterocycles. The summed E-state index contributed by atoms with van der Waals surface area (Å²) in [5.74, 6) is 2.62. The number of aryl methyl sites for hydroxylation is 2. The van der Waals surface area contributed by atoms with E-state index in [-0.39, 0.29) is 30.1 Å². The van der Waals surface area contributed by atoms with E-state index in [9.17, 15) is 0 Å². The highest BCUT2D eigenvalue weighted by atomic mass is 127. The maximum Gasteiger partial charge on any atom is 0.192 e. The standard InChI is InChI=1S/C24H37N7O.HI/c1-18-7-4-5-8-20(18)17-31-12-10-21(11-13-31)27-24(25-15-22-9-6-14-32-22)26-16-23-29-28-19(2)30(23)3;/h4-5,7-8,21-22H,6,9-17H2,1-3H3,(H2,25,26,27);1H. The molecule has 1 unspecified atom stereocenters. The zero-order valence-corrected chi connectivity index (χ0v) is 22.4. The van der Waals surface area contributed by atoms with Crippen LogP contribution in [-0.2, 0) is 24.9 Å². The number of hydrogen-bond acceptors (Lipinski definition) is 5. The summed E-state index contributed by atoms with van der Waals surface area (Å²) in [5, 5.41) is 15.6. The predicted octanol–water partition coefficient (Wildman–Crippen LogP) is 2.93. The minimum atomic E-state index is 0. The Morgan fingerprint density at radius 3 is 2.61 bits per heavy atom. The molecule has 1 atom stereocenters. The monoisotopic (exact) mass is 567 g/mol. The van der Waals surface area contributed by atoms with Crippen LogP contribution in [0.1, 0.15) is 48.5 Å². The first kappa shape index (κ1) is 25.9. The van der Waals surface area contributed by atoms with Crippen molar-refractivity contribution in [3.63, 3.8) is 0 Å². The van der Waals surface area contributed by atoms with Crippen molar-refractivity contribution < 1.29 is 4.74 Å². The van der Waals surface area contributed by atoms with Crippen LogP contribution in [0.4, 0.5) is 0 Å². The summed E-state index contributed by atoms with van der Waals surface area (Å²) >= 11 is 0. The molecule has 33 heavy (non-hydrogen) atoms. The molecular weight excluding hydrogens is 529 g/mol. The van der Waals surface area contributed by atoms with E-state index in [1.807, 2.05) is 18.5 Å². The number of ether oxygens (including phenoxy) is 1. The largest absolute Gasteiger partial charge is 0.376 e. The molecule has 2 aliphatic rings. The molecule has 182 valence electrons. The number of nitrogens with zero attached hydrogens (tertiary/aromatic N) is 5. The molecular formula is C24H38IN7O. The van der Waals surface area contributed by atoms with Gasteiger partial charge < -0.3 is 19.9 Å². The number of aromatic nitrogens is 3. The molecule has 2 N–H and O–H groups in total. The zero-order chi connectivity index (χ0) is 22.3. The van der Waals surface area contributed by atoms with Crippen molar-refractivity contribution in [3.05, 3.63) is 47.0 Å². The number of benzene rings is 1. The van der Waals surface area contributed by atoms with Gasteiger partial charge in [-0.15, -0.1) is 34.2 Å². The smallest absolute Gasteiger partial charge is 0.192 e. The number of halogens is 1. The Hall–Kier alpha value is -1.72. The Kier molecular flexibility index (Phi) is 9.94. The van der Waals surface area contributed by atoms with Crippen LogP contribution >= 0.6 is 24.0 Å². The molecule has 1 aromatic carbocycles. The van der Waals surface area contributed by atoms with Gasteiger partial charge in [0.15, 0.2) is 11.8 Å². The van der Waals surface area contributed by atoms with Crippen LogP contribution in [0.5, 0.6) is 0 Å². The summed E-state index contributed by atoms with van der Waals surface area (Å²) in [7, 11) is 1.98. The minimum absolute atomic E-state index is 0. The Morgan fingerprint density at radius 2 is 1.94 bits per heavy atom. The van der Waals surface area contributed by atoms with Gasteiger partial charge in [-0.1, -0.05) is 24.3 Å². The second kappa shape index (κ2) is 12.7. The van der Waals surface area contributed by atoms with Crippen molar-refractivity contribution in [3.8, 4) is 0 Å². The maximum absolute atomic E-state index is 5.78. The van der Waals surface area contributed by atoms with Crippen molar-refractivity contribution in [2.45, 2.75) is 64.8 Å². The van der Waals surface area contributed by atoms with E-state index in [2.05, 4.69) is 56.9 Å². The third kappa shape index (κ3) is 7.38. The molecule has 0 saturated carbocycles. The van der Waals surface area contributed by atoms with E-state index in [4.69, 9.17) is 9.73 Å². The molecule has 0 spiro atoms. The molecule has 0 amide bonds. The van der Waals surface area contributed by atoms with Crippen LogP contribution in [-0.4, -0.2) is 64.0 Å². The quantitative estimate of drug-likeness (QED) is 0.305. The van der Waals surface area contributed by atoms with Crippen LogP contribution in [0.3, 0.4) is 0 Å². The zero-order valence-electron chi connectivity index (χ0n) is 20.1. The lowest BCUT2D eigenvalue weighted by Gasteiger charge is -2.33. The first-order chi connectivity index (χ1) is 15.6. The number of likely N-dealkylation sites (tertiary alicyclic amines) is 1. The second-order valence-electron chi connectivity index (χ2n) is 9.02. The molecule has 2 fully saturated rings. The third-order valence-electron chi connectivity index (χ3n) is 6.67. The van der Waals surface area contributed by atoms with Crippen LogP contribution in [0.25, 0.3) is 0 Å². The molecule has 9 heteroatoms. The summed E-state index contributed by atoms with van der Waals surface area (Å²) in [6.07, 6.45) is 4.74. The lowest BCUT2D eigenvalue weighted by atomic mass is 10.0. The molecule has 0 radical (unpaired) electrons. The van der Waals surface area contributed by atoms with Crippen molar-refractivity contribution in [2.75, 3.05) is 26.2 Å². The van der Waals surface area contributed by atoms with E-state index < -0.39 is 0 Å². The second-order valence-corrected chi connectivity index (χ2v) is 9.02. The molecule has 8 nitrogen and oxygen atoms in total. The number of hydrogen-bond donors (Lipinski definition) is 2. The summed E-state index contributed by atoms with van der Waals surface area (Å²) in [5.41, 5.74) is 2.80. The fourth-order valence-corrected chi connectivity index (χ4v) is 4.36. The highest BCUT2D eigenvalue weighted by Crippen LogP contribution is 2.16. The number of guanidine groups is 1. The van der Waals surface area contributed by atoms with E-state index in [0.29, 0.717) is 12.6 Å². The van der Waals surface area contributed by atoms with Gasteiger partial charge in [-0.05, 0) is 50.7 Å². The van der Waals surface area contributed by atoms with Gasteiger partial charge in [0.05, 0.1) is 6.10 Å². The van der Waals surface area contributed by atoms with Crippen LogP contribution < -0.4 is 10.6 Å². The van der Waals surface area contributed by atoms with Crippen molar-refractivity contribution in [2.24, 2.45) is 12.0 Å². The maximum atomic E-state index is 5.78.